The lowest BCUT2D eigenvalue weighted by Gasteiger charge is -2.34. The number of amides is 1. The molecule has 1 aromatic rings. The molecule has 0 N–H and O–H groups in total. The van der Waals surface area contributed by atoms with E-state index in [0.29, 0.717) is 0 Å². The fraction of sp³-hybridized carbons (Fsp3) is 0.500. The van der Waals surface area contributed by atoms with Gasteiger partial charge in [-0.1, -0.05) is 18.2 Å². The maximum atomic E-state index is 12.8. The summed E-state index contributed by atoms with van der Waals surface area (Å²) in [7, 11) is 1.81. The zero-order valence-corrected chi connectivity index (χ0v) is 12.4. The third-order valence-corrected chi connectivity index (χ3v) is 5.79. The highest BCUT2D eigenvalue weighted by molar-refractivity contribution is 7.99. The van der Waals surface area contributed by atoms with E-state index in [1.807, 2.05) is 25.2 Å². The Morgan fingerprint density at radius 1 is 1.40 bits per heavy atom. The number of nitrogens with zero attached hydrogens (tertiary/aromatic N) is 2. The largest absolute Gasteiger partial charge is 0.326 e. The molecule has 2 aliphatic rings. The molecule has 3 rings (SSSR count). The Kier molecular flexibility index (Phi) is 3.47. The predicted molar refractivity (Wildman–Crippen MR) is 79.5 cm³/mol. The molecule has 1 aliphatic carbocycles. The third-order valence-electron chi connectivity index (χ3n) is 4.61. The minimum absolute atomic E-state index is 0.0907. The van der Waals surface area contributed by atoms with Crippen LogP contribution >= 0.6 is 11.8 Å². The van der Waals surface area contributed by atoms with Gasteiger partial charge in [0.05, 0.1) is 12.0 Å². The monoisotopic (exact) mass is 286 g/mol. The number of hydrogen-bond acceptors (Lipinski definition) is 3. The molecule has 0 spiro atoms. The second-order valence-electron chi connectivity index (χ2n) is 5.65. The van der Waals surface area contributed by atoms with Gasteiger partial charge in [0.2, 0.25) is 5.91 Å². The molecule has 1 aromatic carbocycles. The van der Waals surface area contributed by atoms with Gasteiger partial charge in [-0.15, -0.1) is 11.8 Å². The van der Waals surface area contributed by atoms with Crippen LogP contribution in [0.2, 0.25) is 0 Å². The highest BCUT2D eigenvalue weighted by atomic mass is 32.2. The number of nitriles is 1. The van der Waals surface area contributed by atoms with Crippen LogP contribution in [0, 0.1) is 11.3 Å². The molecule has 1 amide bonds. The van der Waals surface area contributed by atoms with Gasteiger partial charge in [0, 0.05) is 17.7 Å². The molecule has 1 fully saturated rings. The summed E-state index contributed by atoms with van der Waals surface area (Å²) in [6.45, 7) is 0. The van der Waals surface area contributed by atoms with Gasteiger partial charge < -0.3 is 4.90 Å². The molecule has 3 nitrogen and oxygen atoms in total. The number of hydrogen-bond donors (Lipinski definition) is 0. The number of rotatable bonds is 2. The van der Waals surface area contributed by atoms with Crippen molar-refractivity contribution in [1.82, 2.24) is 4.90 Å². The average molecular weight is 286 g/mol. The molecule has 20 heavy (non-hydrogen) atoms. The maximum Gasteiger partial charge on any atom is 0.232 e. The van der Waals surface area contributed by atoms with Crippen LogP contribution in [0.1, 0.15) is 37.2 Å². The van der Waals surface area contributed by atoms with Crippen molar-refractivity contribution in [3.05, 3.63) is 29.8 Å². The van der Waals surface area contributed by atoms with Gasteiger partial charge in [-0.3, -0.25) is 4.79 Å². The Morgan fingerprint density at radius 3 is 2.80 bits per heavy atom. The Bertz CT molecular complexity index is 572. The first-order valence-corrected chi connectivity index (χ1v) is 8.07. The van der Waals surface area contributed by atoms with Gasteiger partial charge in [0.25, 0.3) is 0 Å². The van der Waals surface area contributed by atoms with Crippen LogP contribution in [0.4, 0.5) is 0 Å². The molecule has 4 heteroatoms. The van der Waals surface area contributed by atoms with Gasteiger partial charge in [-0.05, 0) is 37.3 Å². The minimum Gasteiger partial charge on any atom is -0.326 e. The lowest BCUT2D eigenvalue weighted by atomic mass is 9.93. The first-order chi connectivity index (χ1) is 9.68. The zero-order valence-electron chi connectivity index (χ0n) is 11.6. The van der Waals surface area contributed by atoms with Crippen molar-refractivity contribution >= 4 is 17.7 Å². The number of likely N-dealkylation sites (N-methyl/N-ethyl adjacent to an activating group) is 1. The van der Waals surface area contributed by atoms with Gasteiger partial charge in [0.15, 0.2) is 0 Å². The summed E-state index contributed by atoms with van der Waals surface area (Å²) in [6, 6.07) is 10.5. The summed E-state index contributed by atoms with van der Waals surface area (Å²) in [5, 5.41) is 9.52. The Labute approximate surface area is 124 Å². The van der Waals surface area contributed by atoms with Crippen molar-refractivity contribution in [2.24, 2.45) is 0 Å². The van der Waals surface area contributed by atoms with Crippen molar-refractivity contribution in [1.29, 1.82) is 5.26 Å². The fourth-order valence-electron chi connectivity index (χ4n) is 3.29. The summed E-state index contributed by atoms with van der Waals surface area (Å²) in [5.41, 5.74) is 0.555. The van der Waals surface area contributed by atoms with Crippen molar-refractivity contribution in [3.63, 3.8) is 0 Å². The van der Waals surface area contributed by atoms with E-state index in [1.165, 1.54) is 4.90 Å². The molecule has 1 unspecified atom stereocenters. The van der Waals surface area contributed by atoms with Gasteiger partial charge in [-0.25, -0.2) is 0 Å². The van der Waals surface area contributed by atoms with Gasteiger partial charge in [0.1, 0.15) is 5.54 Å². The molecule has 1 aliphatic heterocycles. The minimum atomic E-state index is -0.570. The molecule has 1 atom stereocenters. The van der Waals surface area contributed by atoms with E-state index in [0.717, 1.165) is 37.0 Å². The molecule has 0 radical (unpaired) electrons. The number of carbonyl (C=O) groups is 1. The third kappa shape index (κ3) is 2.01. The molecule has 0 saturated heterocycles. The van der Waals surface area contributed by atoms with E-state index in [1.54, 1.807) is 16.7 Å². The SMILES string of the molecule is CN(C(=O)C1CSc2ccccc21)C1(C#N)CCCC1. The maximum absolute atomic E-state index is 12.8. The number of carbonyl (C=O) groups excluding carboxylic acids is 1. The molecule has 1 heterocycles. The van der Waals surface area contributed by atoms with E-state index < -0.39 is 5.54 Å². The molecule has 104 valence electrons. The fourth-order valence-corrected chi connectivity index (χ4v) is 4.51. The van der Waals surface area contributed by atoms with Crippen molar-refractivity contribution < 1.29 is 4.79 Å². The van der Waals surface area contributed by atoms with Crippen LogP contribution in [0.5, 0.6) is 0 Å². The van der Waals surface area contributed by atoms with Crippen LogP contribution in [0.3, 0.4) is 0 Å². The molecular weight excluding hydrogens is 268 g/mol. The van der Waals surface area contributed by atoms with Crippen molar-refractivity contribution in [3.8, 4) is 6.07 Å². The summed E-state index contributed by atoms with van der Waals surface area (Å²) in [5.74, 6) is 0.808. The lowest BCUT2D eigenvalue weighted by molar-refractivity contribution is -0.134. The smallest absolute Gasteiger partial charge is 0.232 e. The zero-order chi connectivity index (χ0) is 14.2. The first-order valence-electron chi connectivity index (χ1n) is 7.09. The van der Waals surface area contributed by atoms with Crippen LogP contribution < -0.4 is 0 Å². The average Bonchev–Trinajstić information content (AvgIpc) is 3.13. The summed E-state index contributed by atoms with van der Waals surface area (Å²) in [4.78, 5) is 15.8. The van der Waals surface area contributed by atoms with E-state index in [9.17, 15) is 10.1 Å². The van der Waals surface area contributed by atoms with E-state index in [-0.39, 0.29) is 11.8 Å². The van der Waals surface area contributed by atoms with Crippen LogP contribution in [0.15, 0.2) is 29.2 Å². The summed E-state index contributed by atoms with van der Waals surface area (Å²) < 4.78 is 0. The second kappa shape index (κ2) is 5.14. The van der Waals surface area contributed by atoms with Gasteiger partial charge in [-0.2, -0.15) is 5.26 Å². The molecular formula is C16H18N2OS. The standard InChI is InChI=1S/C16H18N2OS/c1-18(16(11-17)8-4-5-9-16)15(19)13-10-20-14-7-3-2-6-12(13)14/h2-3,6-7,13H,4-5,8-10H2,1H3. The van der Waals surface area contributed by atoms with Crippen molar-refractivity contribution in [2.75, 3.05) is 12.8 Å². The number of thioether (sulfide) groups is 1. The molecule has 0 aromatic heterocycles. The van der Waals surface area contributed by atoms with Gasteiger partial charge >= 0.3 is 0 Å². The van der Waals surface area contributed by atoms with E-state index in [4.69, 9.17) is 0 Å². The van der Waals surface area contributed by atoms with Crippen LogP contribution in [-0.4, -0.2) is 29.1 Å². The first kappa shape index (κ1) is 13.5. The lowest BCUT2D eigenvalue weighted by Crippen LogP contribution is -2.48. The van der Waals surface area contributed by atoms with Crippen molar-refractivity contribution in [2.45, 2.75) is 42.0 Å². The molecule has 0 bridgehead atoms. The Morgan fingerprint density at radius 2 is 2.10 bits per heavy atom. The second-order valence-corrected chi connectivity index (χ2v) is 6.71. The number of fused-ring (bicyclic) bond motifs is 1. The quantitative estimate of drug-likeness (QED) is 0.838. The Balaban J connectivity index is 1.85. The Hall–Kier alpha value is -1.47. The summed E-state index contributed by atoms with van der Waals surface area (Å²) in [6.07, 6.45) is 3.71. The molecule has 1 saturated carbocycles. The normalized spacial score (nSPS) is 23.1. The topological polar surface area (TPSA) is 44.1 Å². The van der Waals surface area contributed by atoms with Crippen LogP contribution in [-0.2, 0) is 4.79 Å². The van der Waals surface area contributed by atoms with Crippen LogP contribution in [0.25, 0.3) is 0 Å². The highest BCUT2D eigenvalue weighted by Crippen LogP contribution is 2.42. The highest BCUT2D eigenvalue weighted by Gasteiger charge is 2.43. The van der Waals surface area contributed by atoms with E-state index >= 15 is 0 Å². The van der Waals surface area contributed by atoms with E-state index in [2.05, 4.69) is 12.1 Å². The number of benzene rings is 1. The summed E-state index contributed by atoms with van der Waals surface area (Å²) >= 11 is 1.74. The predicted octanol–water partition coefficient (Wildman–Crippen LogP) is 3.17.